The van der Waals surface area contributed by atoms with Gasteiger partial charge in [-0.1, -0.05) is 18.9 Å². The van der Waals surface area contributed by atoms with Crippen LogP contribution in [0.2, 0.25) is 0 Å². The number of hydrogen-bond donors (Lipinski definition) is 0. The van der Waals surface area contributed by atoms with Gasteiger partial charge in [-0.2, -0.15) is 0 Å². The van der Waals surface area contributed by atoms with E-state index in [9.17, 15) is 4.79 Å². The highest BCUT2D eigenvalue weighted by molar-refractivity contribution is 5.88. The van der Waals surface area contributed by atoms with E-state index in [-0.39, 0.29) is 17.9 Å². The van der Waals surface area contributed by atoms with E-state index in [1.165, 1.54) is 24.8 Å². The molecule has 0 unspecified atom stereocenters. The quantitative estimate of drug-likeness (QED) is 0.799. The van der Waals surface area contributed by atoms with E-state index in [0.29, 0.717) is 11.8 Å². The summed E-state index contributed by atoms with van der Waals surface area (Å²) in [6.07, 6.45) is 10.6. The summed E-state index contributed by atoms with van der Waals surface area (Å²) in [5, 5.41) is 8.28. The minimum Gasteiger partial charge on any atom is -0.425 e. The Hall–Kier alpha value is -1.65. The second-order valence-corrected chi connectivity index (χ2v) is 6.77. The number of carbonyl (C=O) groups is 1. The van der Waals surface area contributed by atoms with Crippen LogP contribution in [0.4, 0.5) is 0 Å². The normalized spacial score (nSPS) is 25.5. The lowest BCUT2D eigenvalue weighted by Gasteiger charge is -2.37. The Labute approximate surface area is 138 Å². The highest BCUT2D eigenvalue weighted by atomic mass is 16.4. The zero-order valence-corrected chi connectivity index (χ0v) is 14.3. The van der Waals surface area contributed by atoms with Gasteiger partial charge in [-0.3, -0.25) is 4.79 Å². The monoisotopic (exact) mass is 317 g/mol. The highest BCUT2D eigenvalue weighted by Crippen LogP contribution is 2.32. The second-order valence-electron chi connectivity index (χ2n) is 6.77. The number of nitrogens with zero attached hydrogens (tertiary/aromatic N) is 3. The van der Waals surface area contributed by atoms with Gasteiger partial charge in [0.2, 0.25) is 17.7 Å². The molecule has 1 aromatic rings. The maximum Gasteiger partial charge on any atom is 0.246 e. The molecule has 2 fully saturated rings. The van der Waals surface area contributed by atoms with Crippen molar-refractivity contribution >= 4 is 5.91 Å². The largest absolute Gasteiger partial charge is 0.425 e. The van der Waals surface area contributed by atoms with Crippen LogP contribution in [0.1, 0.15) is 76.5 Å². The zero-order valence-electron chi connectivity index (χ0n) is 14.3. The molecule has 0 aromatic carbocycles. The van der Waals surface area contributed by atoms with Gasteiger partial charge in [0.1, 0.15) is 0 Å². The predicted octanol–water partition coefficient (Wildman–Crippen LogP) is 3.62. The number of allylic oxidation sites excluding steroid dienone is 1. The smallest absolute Gasteiger partial charge is 0.246 e. The van der Waals surface area contributed by atoms with Crippen LogP contribution in [0.3, 0.4) is 0 Å². The molecule has 1 aliphatic heterocycles. The summed E-state index contributed by atoms with van der Waals surface area (Å²) in [6.45, 7) is 4.94. The maximum atomic E-state index is 12.7. The topological polar surface area (TPSA) is 59.2 Å². The van der Waals surface area contributed by atoms with Crippen molar-refractivity contribution in [3.63, 3.8) is 0 Å². The molecule has 5 heteroatoms. The molecule has 1 aliphatic carbocycles. The van der Waals surface area contributed by atoms with Crippen LogP contribution < -0.4 is 0 Å². The molecule has 2 atom stereocenters. The molecular formula is C18H27N3O2. The molecule has 0 N–H and O–H groups in total. The summed E-state index contributed by atoms with van der Waals surface area (Å²) in [5.74, 6) is 1.69. The van der Waals surface area contributed by atoms with E-state index in [0.717, 1.165) is 38.6 Å². The Bertz CT molecular complexity index is 571. The molecule has 1 aromatic heterocycles. The van der Waals surface area contributed by atoms with E-state index in [4.69, 9.17) is 4.42 Å². The van der Waals surface area contributed by atoms with Crippen molar-refractivity contribution in [2.24, 2.45) is 0 Å². The standard InChI is InChI=1S/C18H27N3O2/c1-3-16-19-20-18(23-16)15-10-7-11-21(13(15)2)17(22)12-14-8-5-4-6-9-14/h12-13,15H,3-11H2,1-2H3/t13-,15-/m0/s1. The molecule has 5 nitrogen and oxygen atoms in total. The van der Waals surface area contributed by atoms with Gasteiger partial charge < -0.3 is 9.32 Å². The van der Waals surface area contributed by atoms with Gasteiger partial charge in [0, 0.05) is 25.1 Å². The van der Waals surface area contributed by atoms with E-state index in [1.54, 1.807) is 0 Å². The van der Waals surface area contributed by atoms with E-state index < -0.39 is 0 Å². The number of piperidine rings is 1. The number of rotatable bonds is 3. The number of amides is 1. The van der Waals surface area contributed by atoms with Crippen molar-refractivity contribution in [2.45, 2.75) is 77.2 Å². The van der Waals surface area contributed by atoms with E-state index >= 15 is 0 Å². The first-order chi connectivity index (χ1) is 11.2. The molecular weight excluding hydrogens is 290 g/mol. The van der Waals surface area contributed by atoms with Crippen molar-refractivity contribution in [1.29, 1.82) is 0 Å². The van der Waals surface area contributed by atoms with Gasteiger partial charge in [0.15, 0.2) is 0 Å². The molecule has 2 aliphatic rings. The van der Waals surface area contributed by atoms with E-state index in [1.807, 2.05) is 17.9 Å². The number of carbonyl (C=O) groups excluding carboxylic acids is 1. The highest BCUT2D eigenvalue weighted by Gasteiger charge is 2.34. The fraction of sp³-hybridized carbons (Fsp3) is 0.722. The van der Waals surface area contributed by atoms with Gasteiger partial charge in [-0.25, -0.2) is 0 Å². The van der Waals surface area contributed by atoms with Crippen LogP contribution >= 0.6 is 0 Å². The first-order valence-electron chi connectivity index (χ1n) is 9.01. The third kappa shape index (κ3) is 3.65. The van der Waals surface area contributed by atoms with Crippen LogP contribution in [-0.2, 0) is 11.2 Å². The molecule has 2 heterocycles. The summed E-state index contributed by atoms with van der Waals surface area (Å²) >= 11 is 0. The van der Waals surface area contributed by atoms with Crippen LogP contribution in [0.25, 0.3) is 0 Å². The summed E-state index contributed by atoms with van der Waals surface area (Å²) in [4.78, 5) is 14.7. The lowest BCUT2D eigenvalue weighted by molar-refractivity contribution is -0.129. The molecule has 1 amide bonds. The van der Waals surface area contributed by atoms with Crippen molar-refractivity contribution in [3.05, 3.63) is 23.4 Å². The summed E-state index contributed by atoms with van der Waals surface area (Å²) < 4.78 is 5.75. The minimum absolute atomic E-state index is 0.113. The second kappa shape index (κ2) is 7.28. The molecule has 1 saturated heterocycles. The fourth-order valence-corrected chi connectivity index (χ4v) is 3.75. The third-order valence-electron chi connectivity index (χ3n) is 5.20. The fourth-order valence-electron chi connectivity index (χ4n) is 3.75. The predicted molar refractivity (Wildman–Crippen MR) is 88.0 cm³/mol. The van der Waals surface area contributed by atoms with Crippen LogP contribution in [0.15, 0.2) is 16.1 Å². The summed E-state index contributed by atoms with van der Waals surface area (Å²) in [6, 6.07) is 0.113. The molecule has 0 bridgehead atoms. The molecule has 0 radical (unpaired) electrons. The number of hydrogen-bond acceptors (Lipinski definition) is 4. The Morgan fingerprint density at radius 3 is 2.74 bits per heavy atom. The lowest BCUT2D eigenvalue weighted by atomic mass is 9.89. The number of aryl methyl sites for hydroxylation is 1. The van der Waals surface area contributed by atoms with E-state index in [2.05, 4.69) is 17.1 Å². The van der Waals surface area contributed by atoms with Crippen LogP contribution in [0, 0.1) is 0 Å². The van der Waals surface area contributed by atoms with Gasteiger partial charge >= 0.3 is 0 Å². The van der Waals surface area contributed by atoms with Gasteiger partial charge in [0.25, 0.3) is 0 Å². The van der Waals surface area contributed by atoms with Crippen LogP contribution in [-0.4, -0.2) is 33.6 Å². The van der Waals surface area contributed by atoms with Crippen LogP contribution in [0.5, 0.6) is 0 Å². The van der Waals surface area contributed by atoms with Crippen molar-refractivity contribution < 1.29 is 9.21 Å². The SMILES string of the molecule is CCc1nnc([C@H]2CCCN(C(=O)C=C3CCCCC3)[C@H]2C)o1. The van der Waals surface area contributed by atoms with Crippen molar-refractivity contribution in [3.8, 4) is 0 Å². The Balaban J connectivity index is 1.71. The first kappa shape index (κ1) is 16.2. The molecule has 0 spiro atoms. The van der Waals surface area contributed by atoms with Gasteiger partial charge in [-0.15, -0.1) is 10.2 Å². The Kier molecular flexibility index (Phi) is 5.13. The molecule has 3 rings (SSSR count). The molecule has 1 saturated carbocycles. The summed E-state index contributed by atoms with van der Waals surface area (Å²) in [7, 11) is 0. The minimum atomic E-state index is 0.113. The Morgan fingerprint density at radius 1 is 1.26 bits per heavy atom. The molecule has 126 valence electrons. The lowest BCUT2D eigenvalue weighted by Crippen LogP contribution is -2.45. The summed E-state index contributed by atoms with van der Waals surface area (Å²) in [5.41, 5.74) is 1.32. The zero-order chi connectivity index (χ0) is 16.2. The maximum absolute atomic E-state index is 12.7. The Morgan fingerprint density at radius 2 is 2.04 bits per heavy atom. The van der Waals surface area contributed by atoms with Crippen molar-refractivity contribution in [1.82, 2.24) is 15.1 Å². The number of likely N-dealkylation sites (tertiary alicyclic amines) is 1. The third-order valence-corrected chi connectivity index (χ3v) is 5.20. The first-order valence-corrected chi connectivity index (χ1v) is 9.01. The number of aromatic nitrogens is 2. The average molecular weight is 317 g/mol. The van der Waals surface area contributed by atoms with Gasteiger partial charge in [-0.05, 0) is 45.4 Å². The molecule has 23 heavy (non-hydrogen) atoms. The van der Waals surface area contributed by atoms with Crippen molar-refractivity contribution in [2.75, 3.05) is 6.54 Å². The van der Waals surface area contributed by atoms with Gasteiger partial charge in [0.05, 0.1) is 5.92 Å². The average Bonchev–Trinajstić information content (AvgIpc) is 3.05.